The van der Waals surface area contributed by atoms with Crippen LogP contribution in [0.1, 0.15) is 16.7 Å². The Morgan fingerprint density at radius 1 is 1.00 bits per heavy atom. The van der Waals surface area contributed by atoms with Crippen LogP contribution in [-0.4, -0.2) is 29.0 Å². The van der Waals surface area contributed by atoms with Gasteiger partial charge in [-0.05, 0) is 48.7 Å². The molecule has 0 spiro atoms. The molecule has 1 atom stereocenters. The Hall–Kier alpha value is -3.76. The molecule has 0 radical (unpaired) electrons. The van der Waals surface area contributed by atoms with Crippen molar-refractivity contribution in [2.24, 2.45) is 0 Å². The van der Waals surface area contributed by atoms with Crippen molar-refractivity contribution in [2.75, 3.05) is 14.2 Å². The van der Waals surface area contributed by atoms with Crippen LogP contribution in [0, 0.1) is 18.3 Å². The fourth-order valence-electron chi connectivity index (χ4n) is 3.72. The molecule has 1 heterocycles. The Morgan fingerprint density at radius 2 is 1.71 bits per heavy atom. The van der Waals surface area contributed by atoms with Crippen LogP contribution in [0.25, 0.3) is 10.9 Å². The molecule has 1 aromatic heterocycles. The minimum atomic E-state index is -0.396. The van der Waals surface area contributed by atoms with E-state index in [0.717, 1.165) is 11.1 Å². The van der Waals surface area contributed by atoms with Crippen LogP contribution in [0.5, 0.6) is 11.5 Å². The molecule has 1 unspecified atom stereocenters. The number of thioether (sulfide) groups is 1. The molecule has 6 nitrogen and oxygen atoms in total. The molecular weight excluding hydrogens is 446 g/mol. The van der Waals surface area contributed by atoms with Crippen molar-refractivity contribution in [1.29, 1.82) is 5.26 Å². The molecule has 0 bridgehead atoms. The van der Waals surface area contributed by atoms with Gasteiger partial charge < -0.3 is 9.47 Å². The maximum atomic E-state index is 13.5. The highest BCUT2D eigenvalue weighted by molar-refractivity contribution is 8.00. The van der Waals surface area contributed by atoms with Gasteiger partial charge in [0.05, 0.1) is 37.7 Å². The van der Waals surface area contributed by atoms with Crippen molar-refractivity contribution in [2.45, 2.75) is 30.3 Å². The molecule has 172 valence electrons. The van der Waals surface area contributed by atoms with E-state index in [0.29, 0.717) is 40.5 Å². The first-order chi connectivity index (χ1) is 16.5. The lowest BCUT2D eigenvalue weighted by Crippen LogP contribution is -2.25. The Kier molecular flexibility index (Phi) is 7.19. The van der Waals surface area contributed by atoms with Gasteiger partial charge in [0.15, 0.2) is 16.7 Å². The van der Waals surface area contributed by atoms with E-state index in [-0.39, 0.29) is 5.56 Å². The van der Waals surface area contributed by atoms with Gasteiger partial charge in [-0.25, -0.2) is 4.98 Å². The molecule has 0 N–H and O–H groups in total. The number of methoxy groups -OCH3 is 2. The molecule has 0 aliphatic rings. The van der Waals surface area contributed by atoms with E-state index in [1.807, 2.05) is 67.6 Å². The summed E-state index contributed by atoms with van der Waals surface area (Å²) in [7, 11) is 3.16. The summed E-state index contributed by atoms with van der Waals surface area (Å²) in [6.45, 7) is 2.33. The van der Waals surface area contributed by atoms with Crippen molar-refractivity contribution < 1.29 is 9.47 Å². The topological polar surface area (TPSA) is 77.1 Å². The number of hydrogen-bond donors (Lipinski definition) is 0. The first-order valence-electron chi connectivity index (χ1n) is 10.8. The largest absolute Gasteiger partial charge is 0.493 e. The molecule has 4 aromatic rings. The van der Waals surface area contributed by atoms with E-state index in [2.05, 4.69) is 6.07 Å². The van der Waals surface area contributed by atoms with Gasteiger partial charge in [-0.2, -0.15) is 5.26 Å². The SMILES string of the molecule is COc1ccc(Cn2c(SC(C#N)Cc3ccc(C)cc3)nc3ccccc3c2=O)cc1OC. The number of benzene rings is 3. The van der Waals surface area contributed by atoms with Crippen molar-refractivity contribution in [1.82, 2.24) is 9.55 Å². The number of rotatable bonds is 8. The van der Waals surface area contributed by atoms with Crippen molar-refractivity contribution in [3.63, 3.8) is 0 Å². The molecule has 0 fully saturated rings. The number of fused-ring (bicyclic) bond motifs is 1. The number of para-hydroxylation sites is 1. The predicted octanol–water partition coefficient (Wildman–Crippen LogP) is 5.00. The van der Waals surface area contributed by atoms with Crippen LogP contribution >= 0.6 is 11.8 Å². The fraction of sp³-hybridized carbons (Fsp3) is 0.222. The molecule has 3 aromatic carbocycles. The fourth-order valence-corrected chi connectivity index (χ4v) is 4.73. The highest BCUT2D eigenvalue weighted by Gasteiger charge is 2.18. The van der Waals surface area contributed by atoms with Gasteiger partial charge in [-0.1, -0.05) is 59.8 Å². The normalized spacial score (nSPS) is 11.7. The molecule has 4 rings (SSSR count). The van der Waals surface area contributed by atoms with Crippen LogP contribution in [0.2, 0.25) is 0 Å². The van der Waals surface area contributed by atoms with Crippen LogP contribution in [0.3, 0.4) is 0 Å². The number of nitrogens with zero attached hydrogens (tertiary/aromatic N) is 3. The maximum Gasteiger partial charge on any atom is 0.262 e. The van der Waals surface area contributed by atoms with Gasteiger partial charge in [0.25, 0.3) is 5.56 Å². The molecule has 0 saturated carbocycles. The standard InChI is InChI=1S/C27H25N3O3S/c1-18-8-10-19(11-9-18)14-21(16-28)34-27-29-23-7-5-4-6-22(23)26(31)30(27)17-20-12-13-24(32-2)25(15-20)33-3/h4-13,15,21H,14,17H2,1-3H3. The summed E-state index contributed by atoms with van der Waals surface area (Å²) < 4.78 is 12.4. The lowest BCUT2D eigenvalue weighted by molar-refractivity contribution is 0.354. The summed E-state index contributed by atoms with van der Waals surface area (Å²) in [4.78, 5) is 18.2. The minimum absolute atomic E-state index is 0.144. The number of aryl methyl sites for hydroxylation is 1. The van der Waals surface area contributed by atoms with Crippen LogP contribution in [-0.2, 0) is 13.0 Å². The van der Waals surface area contributed by atoms with Crippen molar-refractivity contribution >= 4 is 22.7 Å². The third-order valence-corrected chi connectivity index (χ3v) is 6.63. The summed E-state index contributed by atoms with van der Waals surface area (Å²) >= 11 is 1.32. The second-order valence-corrected chi connectivity index (χ2v) is 9.09. The minimum Gasteiger partial charge on any atom is -0.493 e. The van der Waals surface area contributed by atoms with Gasteiger partial charge in [-0.3, -0.25) is 9.36 Å². The average Bonchev–Trinajstić information content (AvgIpc) is 2.87. The van der Waals surface area contributed by atoms with Crippen molar-refractivity contribution in [3.05, 3.63) is 93.8 Å². The molecule has 0 aliphatic carbocycles. The van der Waals surface area contributed by atoms with Gasteiger partial charge >= 0.3 is 0 Å². The zero-order valence-electron chi connectivity index (χ0n) is 19.3. The highest BCUT2D eigenvalue weighted by Crippen LogP contribution is 2.29. The van der Waals surface area contributed by atoms with Gasteiger partial charge in [0, 0.05) is 0 Å². The molecule has 7 heteroatoms. The first-order valence-corrected chi connectivity index (χ1v) is 11.7. The van der Waals surface area contributed by atoms with E-state index in [1.165, 1.54) is 17.3 Å². The second kappa shape index (κ2) is 10.4. The van der Waals surface area contributed by atoms with Crippen LogP contribution < -0.4 is 15.0 Å². The summed E-state index contributed by atoms with van der Waals surface area (Å²) in [5.41, 5.74) is 3.58. The lowest BCUT2D eigenvalue weighted by Gasteiger charge is -2.16. The molecule has 0 aliphatic heterocycles. The lowest BCUT2D eigenvalue weighted by atomic mass is 10.1. The first kappa shape index (κ1) is 23.4. The van der Waals surface area contributed by atoms with Gasteiger partial charge in [0.2, 0.25) is 0 Å². The summed E-state index contributed by atoms with van der Waals surface area (Å²) in [5.74, 6) is 1.21. The van der Waals surface area contributed by atoms with E-state index in [4.69, 9.17) is 14.5 Å². The maximum absolute atomic E-state index is 13.5. The second-order valence-electron chi connectivity index (χ2n) is 7.92. The monoisotopic (exact) mass is 471 g/mol. The predicted molar refractivity (Wildman–Crippen MR) is 135 cm³/mol. The Balaban J connectivity index is 1.73. The van der Waals surface area contributed by atoms with E-state index >= 15 is 0 Å². The van der Waals surface area contributed by atoms with E-state index in [9.17, 15) is 10.1 Å². The average molecular weight is 472 g/mol. The molecular formula is C27H25N3O3S. The summed E-state index contributed by atoms with van der Waals surface area (Å²) in [5, 5.41) is 10.5. The summed E-state index contributed by atoms with van der Waals surface area (Å²) in [6, 6.07) is 23.4. The number of hydrogen-bond acceptors (Lipinski definition) is 6. The number of nitriles is 1. The van der Waals surface area contributed by atoms with Crippen LogP contribution in [0.15, 0.2) is 76.7 Å². The number of ether oxygens (including phenoxy) is 2. The third kappa shape index (κ3) is 5.08. The molecule has 0 saturated heterocycles. The zero-order chi connectivity index (χ0) is 24.1. The zero-order valence-corrected chi connectivity index (χ0v) is 20.1. The quantitative estimate of drug-likeness (QED) is 0.266. The van der Waals surface area contributed by atoms with Crippen LogP contribution in [0.4, 0.5) is 0 Å². The molecule has 0 amide bonds. The van der Waals surface area contributed by atoms with Gasteiger partial charge in [0.1, 0.15) is 5.25 Å². The van der Waals surface area contributed by atoms with Gasteiger partial charge in [-0.15, -0.1) is 0 Å². The number of aromatic nitrogens is 2. The highest BCUT2D eigenvalue weighted by atomic mass is 32.2. The Morgan fingerprint density at radius 3 is 2.41 bits per heavy atom. The molecule has 34 heavy (non-hydrogen) atoms. The Bertz CT molecular complexity index is 1410. The smallest absolute Gasteiger partial charge is 0.262 e. The summed E-state index contributed by atoms with van der Waals surface area (Å²) in [6.07, 6.45) is 0.556. The Labute approximate surface area is 202 Å². The van der Waals surface area contributed by atoms with E-state index in [1.54, 1.807) is 24.9 Å². The van der Waals surface area contributed by atoms with E-state index < -0.39 is 5.25 Å². The van der Waals surface area contributed by atoms with Crippen molar-refractivity contribution in [3.8, 4) is 17.6 Å². The third-order valence-electron chi connectivity index (χ3n) is 5.55.